The van der Waals surface area contributed by atoms with Crippen molar-refractivity contribution in [2.45, 2.75) is 18.4 Å². The monoisotopic (exact) mass is 483 g/mol. The molecule has 2 atom stereocenters. The number of likely N-dealkylation sites (N-methyl/N-ethyl adjacent to an activating group) is 1. The molecule has 1 aromatic heterocycles. The standard InChI is InChI=1S/C23H18F5NO5/c1-29-5-4-10(15(33)8-29)16-13(31)7-14(32)17-12(30)6-9(34-23(16)17)2-3-11-18(24)20(26)22(28)21(27)19(11)25/h2-3,6-7,10,15,31-33H,4-5,8H2,1H3/b3-2+. The molecule has 2 unspecified atom stereocenters. The Bertz CT molecular complexity index is 1360. The van der Waals surface area contributed by atoms with E-state index in [-0.39, 0.29) is 28.8 Å². The fourth-order valence-corrected chi connectivity index (χ4v) is 4.14. The molecule has 0 spiro atoms. The van der Waals surface area contributed by atoms with Gasteiger partial charge in [-0.3, -0.25) is 4.79 Å². The fraction of sp³-hybridized carbons (Fsp3) is 0.261. The van der Waals surface area contributed by atoms with Gasteiger partial charge >= 0.3 is 0 Å². The number of benzene rings is 2. The van der Waals surface area contributed by atoms with Gasteiger partial charge in [-0.2, -0.15) is 0 Å². The van der Waals surface area contributed by atoms with Crippen LogP contribution >= 0.6 is 0 Å². The Morgan fingerprint density at radius 1 is 0.971 bits per heavy atom. The molecule has 3 aromatic rings. The van der Waals surface area contributed by atoms with Gasteiger partial charge in [0.15, 0.2) is 28.7 Å². The van der Waals surface area contributed by atoms with Crippen LogP contribution < -0.4 is 5.43 Å². The molecule has 0 aliphatic carbocycles. The van der Waals surface area contributed by atoms with Crippen molar-refractivity contribution in [1.82, 2.24) is 4.90 Å². The van der Waals surface area contributed by atoms with Crippen LogP contribution in [0.1, 0.15) is 29.2 Å². The summed E-state index contributed by atoms with van der Waals surface area (Å²) in [5.41, 5.74) is -2.25. The molecule has 0 radical (unpaired) electrons. The third-order valence-electron chi connectivity index (χ3n) is 5.83. The summed E-state index contributed by atoms with van der Waals surface area (Å²) in [5.74, 6) is -12.8. The molecular formula is C23H18F5NO5. The average Bonchev–Trinajstić information content (AvgIpc) is 2.77. The highest BCUT2D eigenvalue weighted by Gasteiger charge is 2.33. The molecule has 11 heteroatoms. The quantitative estimate of drug-likeness (QED) is 0.298. The van der Waals surface area contributed by atoms with Gasteiger partial charge in [0.1, 0.15) is 28.2 Å². The normalized spacial score (nSPS) is 19.4. The van der Waals surface area contributed by atoms with Gasteiger partial charge in [0.05, 0.1) is 11.7 Å². The Morgan fingerprint density at radius 2 is 1.59 bits per heavy atom. The number of phenolic OH excluding ortho intramolecular Hbond substituents is 2. The van der Waals surface area contributed by atoms with Gasteiger partial charge in [-0.1, -0.05) is 0 Å². The molecule has 3 N–H and O–H groups in total. The fourth-order valence-electron chi connectivity index (χ4n) is 4.14. The van der Waals surface area contributed by atoms with E-state index < -0.39 is 63.6 Å². The van der Waals surface area contributed by atoms with E-state index in [1.54, 1.807) is 7.05 Å². The largest absolute Gasteiger partial charge is 0.507 e. The average molecular weight is 483 g/mol. The Hall–Kier alpha value is -3.44. The minimum absolute atomic E-state index is 0.0528. The lowest BCUT2D eigenvalue weighted by Gasteiger charge is -2.34. The van der Waals surface area contributed by atoms with Crippen molar-refractivity contribution in [2.24, 2.45) is 0 Å². The van der Waals surface area contributed by atoms with Crippen LogP contribution in [0.5, 0.6) is 11.5 Å². The number of aromatic hydroxyl groups is 2. The number of hydrogen-bond donors (Lipinski definition) is 3. The molecule has 2 heterocycles. The number of fused-ring (bicyclic) bond motifs is 1. The van der Waals surface area contributed by atoms with Crippen molar-refractivity contribution in [3.63, 3.8) is 0 Å². The minimum atomic E-state index is -2.31. The number of piperidine rings is 1. The van der Waals surface area contributed by atoms with Gasteiger partial charge in [-0.25, -0.2) is 22.0 Å². The molecule has 34 heavy (non-hydrogen) atoms. The maximum absolute atomic E-state index is 14.0. The molecule has 2 aromatic carbocycles. The number of aliphatic hydroxyl groups excluding tert-OH is 1. The number of phenols is 2. The molecule has 0 amide bonds. The summed E-state index contributed by atoms with van der Waals surface area (Å²) in [4.78, 5) is 14.5. The van der Waals surface area contributed by atoms with Gasteiger partial charge < -0.3 is 24.6 Å². The first-order chi connectivity index (χ1) is 16.0. The van der Waals surface area contributed by atoms with Crippen molar-refractivity contribution in [3.8, 4) is 11.5 Å². The highest BCUT2D eigenvalue weighted by molar-refractivity contribution is 5.89. The molecule has 0 saturated carbocycles. The lowest BCUT2D eigenvalue weighted by Crippen LogP contribution is -2.40. The number of likely N-dealkylation sites (tertiary alicyclic amines) is 1. The zero-order valence-electron chi connectivity index (χ0n) is 17.6. The molecule has 4 rings (SSSR count). The number of nitrogens with zero attached hydrogens (tertiary/aromatic N) is 1. The highest BCUT2D eigenvalue weighted by atomic mass is 19.2. The first-order valence-electron chi connectivity index (χ1n) is 10.1. The van der Waals surface area contributed by atoms with E-state index in [1.807, 2.05) is 4.90 Å². The Morgan fingerprint density at radius 3 is 2.21 bits per heavy atom. The molecule has 6 nitrogen and oxygen atoms in total. The van der Waals surface area contributed by atoms with E-state index in [0.717, 1.165) is 18.2 Å². The van der Waals surface area contributed by atoms with E-state index in [1.165, 1.54) is 0 Å². The predicted molar refractivity (Wildman–Crippen MR) is 112 cm³/mol. The summed E-state index contributed by atoms with van der Waals surface area (Å²) >= 11 is 0. The van der Waals surface area contributed by atoms with E-state index in [4.69, 9.17) is 4.42 Å². The minimum Gasteiger partial charge on any atom is -0.507 e. The third kappa shape index (κ3) is 3.90. The van der Waals surface area contributed by atoms with Crippen LogP contribution in [0.15, 0.2) is 21.3 Å². The van der Waals surface area contributed by atoms with Crippen molar-refractivity contribution >= 4 is 23.1 Å². The molecule has 1 saturated heterocycles. The number of rotatable bonds is 3. The van der Waals surface area contributed by atoms with E-state index in [9.17, 15) is 42.1 Å². The predicted octanol–water partition coefficient (Wildman–Crippen LogP) is 3.85. The lowest BCUT2D eigenvalue weighted by molar-refractivity contribution is 0.0630. The van der Waals surface area contributed by atoms with Crippen LogP contribution in [0, 0.1) is 29.1 Å². The van der Waals surface area contributed by atoms with Crippen LogP contribution in [0.4, 0.5) is 22.0 Å². The van der Waals surface area contributed by atoms with E-state index >= 15 is 0 Å². The molecular weight excluding hydrogens is 465 g/mol. The van der Waals surface area contributed by atoms with Crippen molar-refractivity contribution < 1.29 is 41.7 Å². The number of β-amino-alcohol motifs (C(OH)–C–C–N with tert-alkyl or cyclic N) is 1. The third-order valence-corrected chi connectivity index (χ3v) is 5.83. The summed E-state index contributed by atoms with van der Waals surface area (Å²) < 4.78 is 73.7. The molecule has 1 fully saturated rings. The SMILES string of the molecule is CN1CCC(c2c(O)cc(O)c3c(=O)cc(/C=C/c4c(F)c(F)c(F)c(F)c4F)oc23)C(O)C1. The Balaban J connectivity index is 1.88. The molecule has 0 bridgehead atoms. The first-order valence-corrected chi connectivity index (χ1v) is 10.1. The molecule has 1 aliphatic heterocycles. The van der Waals surface area contributed by atoms with E-state index in [0.29, 0.717) is 19.0 Å². The second-order valence-corrected chi connectivity index (χ2v) is 8.09. The second kappa shape index (κ2) is 8.73. The number of hydrogen-bond acceptors (Lipinski definition) is 6. The van der Waals surface area contributed by atoms with Crippen molar-refractivity contribution in [2.75, 3.05) is 20.1 Å². The van der Waals surface area contributed by atoms with Crippen molar-refractivity contribution in [1.29, 1.82) is 0 Å². The maximum atomic E-state index is 14.0. The van der Waals surface area contributed by atoms with Crippen LogP contribution in [-0.4, -0.2) is 46.5 Å². The topological polar surface area (TPSA) is 94.1 Å². The van der Waals surface area contributed by atoms with Crippen LogP contribution in [0.2, 0.25) is 0 Å². The Labute approximate surface area is 188 Å². The summed E-state index contributed by atoms with van der Waals surface area (Å²) in [6.45, 7) is 0.810. The summed E-state index contributed by atoms with van der Waals surface area (Å²) in [7, 11) is 1.79. The van der Waals surface area contributed by atoms with Crippen LogP contribution in [-0.2, 0) is 0 Å². The van der Waals surface area contributed by atoms with Gasteiger partial charge in [0.2, 0.25) is 5.82 Å². The van der Waals surface area contributed by atoms with Crippen molar-refractivity contribution in [3.05, 3.63) is 68.3 Å². The first kappa shape index (κ1) is 23.7. The smallest absolute Gasteiger partial charge is 0.200 e. The number of halogens is 5. The molecule has 180 valence electrons. The van der Waals surface area contributed by atoms with Gasteiger partial charge in [0, 0.05) is 30.2 Å². The zero-order valence-corrected chi connectivity index (χ0v) is 17.6. The van der Waals surface area contributed by atoms with Crippen LogP contribution in [0.3, 0.4) is 0 Å². The summed E-state index contributed by atoms with van der Waals surface area (Å²) in [6.07, 6.45) is 0.789. The Kier molecular flexibility index (Phi) is 6.09. The summed E-state index contributed by atoms with van der Waals surface area (Å²) in [5, 5.41) is 30.9. The highest BCUT2D eigenvalue weighted by Crippen LogP contribution is 2.42. The van der Waals surface area contributed by atoms with E-state index in [2.05, 4.69) is 0 Å². The van der Waals surface area contributed by atoms with Crippen LogP contribution in [0.25, 0.3) is 23.1 Å². The lowest BCUT2D eigenvalue weighted by atomic mass is 9.85. The molecule has 1 aliphatic rings. The van der Waals surface area contributed by atoms with Gasteiger partial charge in [0.25, 0.3) is 0 Å². The summed E-state index contributed by atoms with van der Waals surface area (Å²) in [6, 6.07) is 1.79. The zero-order chi connectivity index (χ0) is 24.9. The number of aliphatic hydroxyl groups is 1. The maximum Gasteiger partial charge on any atom is 0.200 e. The van der Waals surface area contributed by atoms with Gasteiger partial charge in [-0.05, 0) is 32.2 Å². The van der Waals surface area contributed by atoms with Gasteiger partial charge in [-0.15, -0.1) is 0 Å². The second-order valence-electron chi connectivity index (χ2n) is 8.09.